The van der Waals surface area contributed by atoms with E-state index in [0.29, 0.717) is 12.0 Å². The number of nitrogens with two attached hydrogens (primary N) is 1. The van der Waals surface area contributed by atoms with Gasteiger partial charge in [-0.15, -0.1) is 0 Å². The molecule has 3 nitrogen and oxygen atoms in total. The number of rotatable bonds is 2. The number of carbonyl (C=O) groups excluding carboxylic acids is 1. The predicted octanol–water partition coefficient (Wildman–Crippen LogP) is 0.678. The van der Waals surface area contributed by atoms with Crippen LogP contribution < -0.4 is 5.73 Å². The molecule has 0 radical (unpaired) electrons. The molecule has 0 atom stereocenters. The monoisotopic (exact) mass is 169 g/mol. The maximum atomic E-state index is 11.4. The zero-order valence-electron chi connectivity index (χ0n) is 7.43. The molecule has 2 saturated carbocycles. The van der Waals surface area contributed by atoms with E-state index in [2.05, 4.69) is 0 Å². The first kappa shape index (κ1) is 8.05. The van der Waals surface area contributed by atoms with Crippen molar-refractivity contribution in [1.82, 2.24) is 0 Å². The fourth-order valence-electron chi connectivity index (χ4n) is 2.50. The average molecular weight is 169 g/mol. The first-order valence-electron chi connectivity index (χ1n) is 4.45. The smallest absolute Gasteiger partial charge is 0.313 e. The van der Waals surface area contributed by atoms with Gasteiger partial charge in [-0.25, -0.2) is 0 Å². The molecule has 0 aliphatic heterocycles. The molecule has 0 aromatic rings. The highest BCUT2D eigenvalue weighted by Crippen LogP contribution is 2.68. The van der Waals surface area contributed by atoms with Gasteiger partial charge in [-0.2, -0.15) is 0 Å². The predicted molar refractivity (Wildman–Crippen MR) is 44.4 cm³/mol. The van der Waals surface area contributed by atoms with Gasteiger partial charge in [-0.05, 0) is 31.1 Å². The first-order valence-corrected chi connectivity index (χ1v) is 4.45. The SMILES string of the molecule is COC(=O)C1(CN)CC2(CC2)C1. The molecule has 2 fully saturated rings. The molecule has 2 aliphatic rings. The molecule has 2 N–H and O–H groups in total. The third-order valence-corrected chi connectivity index (χ3v) is 3.39. The summed E-state index contributed by atoms with van der Waals surface area (Å²) in [7, 11) is 1.44. The molecule has 1 spiro atoms. The van der Waals surface area contributed by atoms with E-state index in [1.54, 1.807) is 0 Å². The molecule has 68 valence electrons. The van der Waals surface area contributed by atoms with Crippen molar-refractivity contribution in [2.24, 2.45) is 16.6 Å². The van der Waals surface area contributed by atoms with Crippen LogP contribution in [0.25, 0.3) is 0 Å². The molecule has 3 heteroatoms. The summed E-state index contributed by atoms with van der Waals surface area (Å²) < 4.78 is 4.75. The molecular weight excluding hydrogens is 154 g/mol. The van der Waals surface area contributed by atoms with Crippen molar-refractivity contribution in [2.45, 2.75) is 25.7 Å². The van der Waals surface area contributed by atoms with E-state index in [1.807, 2.05) is 0 Å². The third kappa shape index (κ3) is 0.891. The second-order valence-electron chi connectivity index (χ2n) is 4.33. The molecule has 0 heterocycles. The summed E-state index contributed by atoms with van der Waals surface area (Å²) in [6, 6.07) is 0. The normalized spacial score (nSPS) is 27.8. The quantitative estimate of drug-likeness (QED) is 0.618. The molecular formula is C9H15NO2. The largest absolute Gasteiger partial charge is 0.469 e. The Morgan fingerprint density at radius 2 is 2.08 bits per heavy atom. The highest BCUT2D eigenvalue weighted by Gasteiger charge is 2.63. The van der Waals surface area contributed by atoms with E-state index in [9.17, 15) is 4.79 Å². The Hall–Kier alpha value is -0.570. The van der Waals surface area contributed by atoms with Gasteiger partial charge in [0.1, 0.15) is 0 Å². The van der Waals surface area contributed by atoms with Crippen molar-refractivity contribution in [3.63, 3.8) is 0 Å². The van der Waals surface area contributed by atoms with Crippen molar-refractivity contribution >= 4 is 5.97 Å². The van der Waals surface area contributed by atoms with Crippen LogP contribution in [-0.4, -0.2) is 19.6 Å². The minimum Gasteiger partial charge on any atom is -0.469 e. The number of carbonyl (C=O) groups is 1. The van der Waals surface area contributed by atoms with Crippen LogP contribution in [0.4, 0.5) is 0 Å². The maximum absolute atomic E-state index is 11.4. The van der Waals surface area contributed by atoms with Crippen LogP contribution in [-0.2, 0) is 9.53 Å². The van der Waals surface area contributed by atoms with Gasteiger partial charge in [0.05, 0.1) is 12.5 Å². The Morgan fingerprint density at radius 3 is 2.42 bits per heavy atom. The summed E-state index contributed by atoms with van der Waals surface area (Å²) >= 11 is 0. The van der Waals surface area contributed by atoms with Gasteiger partial charge in [0.2, 0.25) is 0 Å². The minimum absolute atomic E-state index is 0.109. The standard InChI is InChI=1S/C9H15NO2/c1-12-7(11)9(6-10)4-8(5-9)2-3-8/h2-6,10H2,1H3. The molecule has 12 heavy (non-hydrogen) atoms. The summed E-state index contributed by atoms with van der Waals surface area (Å²) in [5.74, 6) is -0.109. The summed E-state index contributed by atoms with van der Waals surface area (Å²) in [5.41, 5.74) is 5.79. The fourth-order valence-corrected chi connectivity index (χ4v) is 2.50. The van der Waals surface area contributed by atoms with E-state index < -0.39 is 0 Å². The highest BCUT2D eigenvalue weighted by molar-refractivity contribution is 5.78. The molecule has 0 unspecified atom stereocenters. The lowest BCUT2D eigenvalue weighted by Gasteiger charge is -2.45. The maximum Gasteiger partial charge on any atom is 0.313 e. The van der Waals surface area contributed by atoms with Crippen molar-refractivity contribution < 1.29 is 9.53 Å². The van der Waals surface area contributed by atoms with Crippen molar-refractivity contribution in [1.29, 1.82) is 0 Å². The van der Waals surface area contributed by atoms with Crippen molar-refractivity contribution in [3.05, 3.63) is 0 Å². The molecule has 0 aromatic carbocycles. The molecule has 0 saturated heterocycles. The topological polar surface area (TPSA) is 52.3 Å². The molecule has 0 bridgehead atoms. The van der Waals surface area contributed by atoms with E-state index in [1.165, 1.54) is 20.0 Å². The lowest BCUT2D eigenvalue weighted by Crippen LogP contribution is -2.50. The van der Waals surface area contributed by atoms with Crippen LogP contribution in [0.2, 0.25) is 0 Å². The Labute approximate surface area is 72.3 Å². The lowest BCUT2D eigenvalue weighted by atomic mass is 9.59. The van der Waals surface area contributed by atoms with Crippen LogP contribution >= 0.6 is 0 Å². The molecule has 2 aliphatic carbocycles. The van der Waals surface area contributed by atoms with E-state index >= 15 is 0 Å². The van der Waals surface area contributed by atoms with Gasteiger partial charge >= 0.3 is 5.97 Å². The van der Waals surface area contributed by atoms with E-state index in [-0.39, 0.29) is 11.4 Å². The Balaban J connectivity index is 2.03. The zero-order valence-corrected chi connectivity index (χ0v) is 7.43. The summed E-state index contributed by atoms with van der Waals surface area (Å²) in [6.45, 7) is 0.446. The minimum atomic E-state index is -0.314. The molecule has 0 aromatic heterocycles. The number of hydrogen-bond acceptors (Lipinski definition) is 3. The number of hydrogen-bond donors (Lipinski definition) is 1. The number of esters is 1. The summed E-state index contributed by atoms with van der Waals surface area (Å²) in [5, 5.41) is 0. The van der Waals surface area contributed by atoms with Crippen LogP contribution in [0.5, 0.6) is 0 Å². The van der Waals surface area contributed by atoms with Gasteiger partial charge in [0, 0.05) is 6.54 Å². The van der Waals surface area contributed by atoms with E-state index in [0.717, 1.165) is 12.8 Å². The molecule has 2 rings (SSSR count). The number of ether oxygens (including phenoxy) is 1. The zero-order chi connectivity index (χ0) is 8.82. The van der Waals surface area contributed by atoms with Crippen molar-refractivity contribution in [2.75, 3.05) is 13.7 Å². The number of methoxy groups -OCH3 is 1. The van der Waals surface area contributed by atoms with Crippen LogP contribution in [0.3, 0.4) is 0 Å². The van der Waals surface area contributed by atoms with Gasteiger partial charge in [-0.3, -0.25) is 4.79 Å². The molecule has 0 amide bonds. The van der Waals surface area contributed by atoms with E-state index in [4.69, 9.17) is 10.5 Å². The Bertz CT molecular complexity index is 213. The second-order valence-corrected chi connectivity index (χ2v) is 4.33. The highest BCUT2D eigenvalue weighted by atomic mass is 16.5. The fraction of sp³-hybridized carbons (Fsp3) is 0.889. The Morgan fingerprint density at radius 1 is 1.50 bits per heavy atom. The van der Waals surface area contributed by atoms with Gasteiger partial charge in [0.25, 0.3) is 0 Å². The van der Waals surface area contributed by atoms with Gasteiger partial charge in [-0.1, -0.05) is 0 Å². The van der Waals surface area contributed by atoms with Gasteiger partial charge in [0.15, 0.2) is 0 Å². The Kier molecular flexibility index (Phi) is 1.49. The van der Waals surface area contributed by atoms with Crippen LogP contribution in [0.1, 0.15) is 25.7 Å². The summed E-state index contributed by atoms with van der Waals surface area (Å²) in [4.78, 5) is 11.4. The second kappa shape index (κ2) is 2.22. The first-order chi connectivity index (χ1) is 5.66. The van der Waals surface area contributed by atoms with Crippen LogP contribution in [0, 0.1) is 10.8 Å². The summed E-state index contributed by atoms with van der Waals surface area (Å²) in [6.07, 6.45) is 4.49. The average Bonchev–Trinajstić information content (AvgIpc) is 2.79. The lowest BCUT2D eigenvalue weighted by molar-refractivity contribution is -0.162. The van der Waals surface area contributed by atoms with Crippen LogP contribution in [0.15, 0.2) is 0 Å². The third-order valence-electron chi connectivity index (χ3n) is 3.39. The van der Waals surface area contributed by atoms with Gasteiger partial charge < -0.3 is 10.5 Å². The van der Waals surface area contributed by atoms with Crippen molar-refractivity contribution in [3.8, 4) is 0 Å².